The second-order valence-corrected chi connectivity index (χ2v) is 5.49. The van der Waals surface area contributed by atoms with Gasteiger partial charge in [0.2, 0.25) is 0 Å². The summed E-state index contributed by atoms with van der Waals surface area (Å²) in [6, 6.07) is 14.6. The van der Waals surface area contributed by atoms with E-state index in [1.165, 1.54) is 15.8 Å². The van der Waals surface area contributed by atoms with Crippen molar-refractivity contribution in [1.29, 1.82) is 0 Å². The zero-order chi connectivity index (χ0) is 17.9. The average Bonchev–Trinajstić information content (AvgIpc) is 3.35. The molecule has 0 radical (unpaired) electrons. The molecule has 2 aromatic carbocycles. The predicted octanol–water partition coefficient (Wildman–Crippen LogP) is 1.20. The van der Waals surface area contributed by atoms with Crippen LogP contribution in [0.5, 0.6) is 0 Å². The minimum atomic E-state index is -0.446. The lowest BCUT2D eigenvalue weighted by Crippen LogP contribution is -2.14. The number of hydrogen-bond acceptors (Lipinski definition) is 7. The number of nitrogens with one attached hydrogen (secondary N) is 1. The van der Waals surface area contributed by atoms with Crippen LogP contribution in [0.2, 0.25) is 0 Å². The number of nitrogens with zero attached hydrogens (tertiary/aromatic N) is 8. The molecule has 128 valence electrons. The van der Waals surface area contributed by atoms with Gasteiger partial charge in [0.25, 0.3) is 11.7 Å². The molecule has 0 aliphatic carbocycles. The number of carbonyl (C=O) groups is 1. The highest BCUT2D eigenvalue weighted by molar-refractivity contribution is 6.01. The van der Waals surface area contributed by atoms with Gasteiger partial charge in [0.05, 0.1) is 11.4 Å². The highest BCUT2D eigenvalue weighted by atomic mass is 16.2. The first-order valence-corrected chi connectivity index (χ1v) is 7.71. The van der Waals surface area contributed by atoms with Crippen LogP contribution in [-0.2, 0) is 0 Å². The van der Waals surface area contributed by atoms with E-state index in [4.69, 9.17) is 0 Å². The summed E-state index contributed by atoms with van der Waals surface area (Å²) < 4.78 is 1.51. The Hall–Kier alpha value is -3.95. The molecule has 10 nitrogen and oxygen atoms in total. The summed E-state index contributed by atoms with van der Waals surface area (Å²) >= 11 is 0. The van der Waals surface area contributed by atoms with Crippen LogP contribution in [0.15, 0.2) is 54.9 Å². The topological polar surface area (TPSA) is 116 Å². The van der Waals surface area contributed by atoms with Gasteiger partial charge in [-0.3, -0.25) is 4.79 Å². The Morgan fingerprint density at radius 3 is 2.38 bits per heavy atom. The van der Waals surface area contributed by atoms with Gasteiger partial charge >= 0.3 is 0 Å². The van der Waals surface area contributed by atoms with Crippen molar-refractivity contribution in [3.8, 4) is 11.4 Å². The second kappa shape index (κ2) is 6.51. The predicted molar refractivity (Wildman–Crippen MR) is 91.0 cm³/mol. The number of benzene rings is 2. The summed E-state index contributed by atoms with van der Waals surface area (Å²) in [6.07, 6.45) is 1.49. The van der Waals surface area contributed by atoms with Gasteiger partial charge in [-0.15, -0.1) is 20.1 Å². The largest absolute Gasteiger partial charge is 0.319 e. The maximum absolute atomic E-state index is 12.3. The Labute approximate surface area is 147 Å². The number of hydrogen-bond donors (Lipinski definition) is 1. The number of aromatic nitrogens is 8. The molecule has 4 rings (SSSR count). The highest BCUT2D eigenvalue weighted by Crippen LogP contribution is 2.13. The van der Waals surface area contributed by atoms with Gasteiger partial charge in [-0.05, 0) is 59.0 Å². The normalized spacial score (nSPS) is 10.7. The molecule has 4 aromatic rings. The van der Waals surface area contributed by atoms with Gasteiger partial charge in [-0.2, -0.15) is 0 Å². The fraction of sp³-hybridized carbons (Fsp3) is 0.0625. The quantitative estimate of drug-likeness (QED) is 0.589. The minimum Gasteiger partial charge on any atom is -0.319 e. The monoisotopic (exact) mass is 347 g/mol. The van der Waals surface area contributed by atoms with Crippen LogP contribution in [0, 0.1) is 6.92 Å². The first-order chi connectivity index (χ1) is 12.7. The van der Waals surface area contributed by atoms with Crippen LogP contribution in [0.3, 0.4) is 0 Å². The standard InChI is InChI=1S/C16H13N9O/c1-11-2-6-14(7-3-11)25-20-15(19-22-25)16(26)18-12-4-8-13(9-5-12)24-10-17-21-23-24/h2-10H,1H3,(H,18,26). The first-order valence-electron chi connectivity index (χ1n) is 7.71. The molecule has 26 heavy (non-hydrogen) atoms. The Morgan fingerprint density at radius 2 is 1.69 bits per heavy atom. The van der Waals surface area contributed by atoms with E-state index in [-0.39, 0.29) is 5.82 Å². The van der Waals surface area contributed by atoms with Gasteiger partial charge in [-0.25, -0.2) is 4.68 Å². The molecule has 0 aliphatic heterocycles. The molecule has 0 saturated heterocycles. The lowest BCUT2D eigenvalue weighted by atomic mass is 10.2. The van der Waals surface area contributed by atoms with Crippen LogP contribution in [0.1, 0.15) is 16.2 Å². The van der Waals surface area contributed by atoms with E-state index >= 15 is 0 Å². The van der Waals surface area contributed by atoms with Crippen molar-refractivity contribution in [2.75, 3.05) is 5.32 Å². The number of tetrazole rings is 2. The third-order valence-corrected chi connectivity index (χ3v) is 3.62. The lowest BCUT2D eigenvalue weighted by molar-refractivity contribution is 0.101. The maximum atomic E-state index is 12.3. The number of rotatable bonds is 4. The zero-order valence-electron chi connectivity index (χ0n) is 13.7. The van der Waals surface area contributed by atoms with Gasteiger partial charge in [0.1, 0.15) is 6.33 Å². The minimum absolute atomic E-state index is 0.0184. The Morgan fingerprint density at radius 1 is 0.962 bits per heavy atom. The van der Waals surface area contributed by atoms with Gasteiger partial charge in [-0.1, -0.05) is 17.7 Å². The summed E-state index contributed by atoms with van der Waals surface area (Å²) in [4.78, 5) is 13.6. The molecule has 0 bridgehead atoms. The lowest BCUT2D eigenvalue weighted by Gasteiger charge is -2.04. The summed E-state index contributed by atoms with van der Waals surface area (Å²) in [5, 5.41) is 25.5. The number of aryl methyl sites for hydroxylation is 1. The molecule has 0 spiro atoms. The van der Waals surface area contributed by atoms with Crippen molar-refractivity contribution in [3.05, 3.63) is 66.2 Å². The molecule has 1 amide bonds. The fourth-order valence-corrected chi connectivity index (χ4v) is 2.26. The fourth-order valence-electron chi connectivity index (χ4n) is 2.26. The number of anilines is 1. The van der Waals surface area contributed by atoms with Crippen LogP contribution < -0.4 is 5.32 Å². The molecule has 0 saturated carbocycles. The average molecular weight is 347 g/mol. The summed E-state index contributed by atoms with van der Waals surface area (Å²) in [5.74, 6) is -0.464. The van der Waals surface area contributed by atoms with E-state index in [9.17, 15) is 4.79 Å². The maximum Gasteiger partial charge on any atom is 0.297 e. The van der Waals surface area contributed by atoms with E-state index < -0.39 is 5.91 Å². The van der Waals surface area contributed by atoms with Crippen LogP contribution in [0.25, 0.3) is 11.4 Å². The highest BCUT2D eigenvalue weighted by Gasteiger charge is 2.14. The summed E-state index contributed by atoms with van der Waals surface area (Å²) in [6.45, 7) is 1.99. The second-order valence-electron chi connectivity index (χ2n) is 5.49. The third kappa shape index (κ3) is 3.15. The van der Waals surface area contributed by atoms with E-state index in [1.54, 1.807) is 24.3 Å². The molecule has 0 fully saturated rings. The molecule has 1 N–H and O–H groups in total. The van der Waals surface area contributed by atoms with Crippen LogP contribution >= 0.6 is 0 Å². The molecule has 0 unspecified atom stereocenters. The van der Waals surface area contributed by atoms with Gasteiger partial charge in [0.15, 0.2) is 0 Å². The summed E-state index contributed by atoms with van der Waals surface area (Å²) in [7, 11) is 0. The van der Waals surface area contributed by atoms with Crippen LogP contribution in [0.4, 0.5) is 5.69 Å². The molecule has 0 atom stereocenters. The molecular formula is C16H13N9O. The molecule has 10 heteroatoms. The van der Waals surface area contributed by atoms with E-state index in [0.29, 0.717) is 5.69 Å². The molecule has 2 heterocycles. The van der Waals surface area contributed by atoms with Crippen molar-refractivity contribution in [1.82, 2.24) is 40.4 Å². The molecule has 0 aliphatic rings. The van der Waals surface area contributed by atoms with Crippen LogP contribution in [-0.4, -0.2) is 46.3 Å². The first kappa shape index (κ1) is 15.6. The smallest absolute Gasteiger partial charge is 0.297 e. The van der Waals surface area contributed by atoms with Gasteiger partial charge in [0, 0.05) is 5.69 Å². The van der Waals surface area contributed by atoms with Crippen molar-refractivity contribution in [3.63, 3.8) is 0 Å². The Bertz CT molecular complexity index is 1020. The van der Waals surface area contributed by atoms with Crippen molar-refractivity contribution < 1.29 is 4.79 Å². The number of carbonyl (C=O) groups excluding carboxylic acids is 1. The van der Waals surface area contributed by atoms with Crippen molar-refractivity contribution in [2.24, 2.45) is 0 Å². The summed E-state index contributed by atoms with van der Waals surface area (Å²) in [5.41, 5.74) is 3.22. The molecule has 2 aromatic heterocycles. The molecular weight excluding hydrogens is 334 g/mol. The van der Waals surface area contributed by atoms with Crippen molar-refractivity contribution >= 4 is 11.6 Å². The third-order valence-electron chi connectivity index (χ3n) is 3.62. The zero-order valence-corrected chi connectivity index (χ0v) is 13.7. The number of amides is 1. The van der Waals surface area contributed by atoms with E-state index in [0.717, 1.165) is 16.9 Å². The SMILES string of the molecule is Cc1ccc(-n2nnc(C(=O)Nc3ccc(-n4cnnn4)cc3)n2)cc1. The van der Waals surface area contributed by atoms with Gasteiger partial charge < -0.3 is 5.32 Å². The Balaban J connectivity index is 1.47. The van der Waals surface area contributed by atoms with E-state index in [2.05, 4.69) is 36.3 Å². The van der Waals surface area contributed by atoms with E-state index in [1.807, 2.05) is 31.2 Å². The Kier molecular flexibility index (Phi) is 3.90. The van der Waals surface area contributed by atoms with Crippen molar-refractivity contribution in [2.45, 2.75) is 6.92 Å².